The van der Waals surface area contributed by atoms with Crippen LogP contribution in [0.25, 0.3) is 16.9 Å². The van der Waals surface area contributed by atoms with Crippen molar-refractivity contribution in [2.45, 2.75) is 13.8 Å². The molecule has 0 saturated carbocycles. The Morgan fingerprint density at radius 3 is 2.37 bits per heavy atom. The molecule has 2 aromatic carbocycles. The number of para-hydroxylation sites is 1. The second kappa shape index (κ2) is 10.1. The molecular formula is C25H26N6O4. The maximum atomic E-state index is 12.7. The topological polar surface area (TPSA) is 116 Å². The molecule has 2 N–H and O–H groups in total. The van der Waals surface area contributed by atoms with Crippen LogP contribution in [0.3, 0.4) is 0 Å². The van der Waals surface area contributed by atoms with Gasteiger partial charge in [-0.25, -0.2) is 10.1 Å². The number of hydrogen-bond acceptors (Lipinski definition) is 7. The average molecular weight is 475 g/mol. The smallest absolute Gasteiger partial charge is 0.289 e. The van der Waals surface area contributed by atoms with Gasteiger partial charge in [0.15, 0.2) is 11.5 Å². The molecular weight excluding hydrogens is 448 g/mol. The standard InChI is InChI=1S/C25H26N6O4/c1-15-24(16(2)31(30-15)18-9-7-6-8-10-18)19-12-20(28-27-19)25(32)29-26-14-17-11-22(34-4)23(35-5)13-21(17)33-3/h6-14H,1-5H3,(H,27,28)(H,29,32). The number of nitrogens with one attached hydrogen (secondary N) is 2. The number of hydrogen-bond donors (Lipinski definition) is 2. The number of H-pyrrole nitrogens is 1. The van der Waals surface area contributed by atoms with E-state index in [1.165, 1.54) is 20.4 Å². The number of ether oxygens (including phenoxy) is 3. The molecule has 0 saturated heterocycles. The van der Waals surface area contributed by atoms with Gasteiger partial charge in [0.25, 0.3) is 5.91 Å². The number of benzene rings is 2. The van der Waals surface area contributed by atoms with Crippen LogP contribution in [0.15, 0.2) is 53.6 Å². The third-order valence-electron chi connectivity index (χ3n) is 5.48. The Balaban J connectivity index is 1.52. The van der Waals surface area contributed by atoms with Crippen LogP contribution < -0.4 is 19.6 Å². The van der Waals surface area contributed by atoms with E-state index in [1.807, 2.05) is 48.9 Å². The molecule has 35 heavy (non-hydrogen) atoms. The third-order valence-corrected chi connectivity index (χ3v) is 5.48. The Kier molecular flexibility index (Phi) is 6.81. The molecule has 0 spiro atoms. The summed E-state index contributed by atoms with van der Waals surface area (Å²) in [5, 5.41) is 15.8. The molecule has 0 aliphatic heterocycles. The van der Waals surface area contributed by atoms with Crippen LogP contribution in [-0.4, -0.2) is 53.4 Å². The maximum Gasteiger partial charge on any atom is 0.289 e. The van der Waals surface area contributed by atoms with E-state index in [1.54, 1.807) is 25.3 Å². The summed E-state index contributed by atoms with van der Waals surface area (Å²) in [5.74, 6) is 1.12. The number of carbonyl (C=O) groups excluding carboxylic acids is 1. The van der Waals surface area contributed by atoms with Crippen molar-refractivity contribution in [3.05, 3.63) is 71.2 Å². The number of hydrazone groups is 1. The number of aromatic amines is 1. The number of aryl methyl sites for hydroxylation is 1. The Labute approximate surface area is 202 Å². The largest absolute Gasteiger partial charge is 0.496 e. The lowest BCUT2D eigenvalue weighted by Crippen LogP contribution is -2.18. The van der Waals surface area contributed by atoms with Crippen LogP contribution >= 0.6 is 0 Å². The Hall–Kier alpha value is -4.60. The van der Waals surface area contributed by atoms with Gasteiger partial charge in [-0.3, -0.25) is 9.89 Å². The van der Waals surface area contributed by atoms with Crippen molar-refractivity contribution in [3.8, 4) is 34.2 Å². The van der Waals surface area contributed by atoms with Crippen LogP contribution in [0.5, 0.6) is 17.2 Å². The number of amides is 1. The maximum absolute atomic E-state index is 12.7. The summed E-state index contributed by atoms with van der Waals surface area (Å²) in [5.41, 5.74) is 7.54. The van der Waals surface area contributed by atoms with E-state index < -0.39 is 5.91 Å². The molecule has 0 aliphatic rings. The van der Waals surface area contributed by atoms with E-state index in [-0.39, 0.29) is 5.69 Å². The van der Waals surface area contributed by atoms with Crippen LogP contribution in [0.1, 0.15) is 27.4 Å². The van der Waals surface area contributed by atoms with Crippen molar-refractivity contribution in [2.24, 2.45) is 5.10 Å². The predicted molar refractivity (Wildman–Crippen MR) is 132 cm³/mol. The monoisotopic (exact) mass is 474 g/mol. The lowest BCUT2D eigenvalue weighted by molar-refractivity contribution is 0.0950. The number of carbonyl (C=O) groups is 1. The average Bonchev–Trinajstić information content (AvgIpc) is 3.48. The predicted octanol–water partition coefficient (Wildman–Crippen LogP) is 3.67. The normalized spacial score (nSPS) is 11.0. The van der Waals surface area contributed by atoms with E-state index in [4.69, 9.17) is 14.2 Å². The van der Waals surface area contributed by atoms with Crippen molar-refractivity contribution in [2.75, 3.05) is 21.3 Å². The van der Waals surface area contributed by atoms with Crippen LogP contribution in [0, 0.1) is 13.8 Å². The van der Waals surface area contributed by atoms with E-state index in [9.17, 15) is 4.79 Å². The Morgan fingerprint density at radius 1 is 1.00 bits per heavy atom. The molecule has 0 atom stereocenters. The zero-order valence-corrected chi connectivity index (χ0v) is 20.1. The summed E-state index contributed by atoms with van der Waals surface area (Å²) >= 11 is 0. The van der Waals surface area contributed by atoms with Gasteiger partial charge in [0.05, 0.1) is 50.3 Å². The highest BCUT2D eigenvalue weighted by molar-refractivity contribution is 5.94. The van der Waals surface area contributed by atoms with Crippen molar-refractivity contribution in [1.82, 2.24) is 25.4 Å². The highest BCUT2D eigenvalue weighted by Crippen LogP contribution is 2.33. The minimum atomic E-state index is -0.440. The molecule has 2 aromatic heterocycles. The summed E-state index contributed by atoms with van der Waals surface area (Å²) in [4.78, 5) is 12.7. The van der Waals surface area contributed by atoms with Crippen LogP contribution in [0.2, 0.25) is 0 Å². The van der Waals surface area contributed by atoms with Crippen molar-refractivity contribution < 1.29 is 19.0 Å². The first kappa shape index (κ1) is 23.6. The molecule has 1 amide bonds. The fourth-order valence-electron chi connectivity index (χ4n) is 3.77. The van der Waals surface area contributed by atoms with Gasteiger partial charge in [0.2, 0.25) is 0 Å². The van der Waals surface area contributed by atoms with Gasteiger partial charge in [-0.2, -0.15) is 15.3 Å². The molecule has 4 rings (SSSR count). The minimum absolute atomic E-state index is 0.266. The van der Waals surface area contributed by atoms with E-state index in [2.05, 4.69) is 25.8 Å². The van der Waals surface area contributed by atoms with Gasteiger partial charge in [0, 0.05) is 17.2 Å². The SMILES string of the molecule is COc1cc(OC)c(OC)cc1C=NNC(=O)c1cc(-c2c(C)nn(-c3ccccc3)c2C)n[nH]1. The summed E-state index contributed by atoms with van der Waals surface area (Å²) in [6.45, 7) is 3.88. The zero-order chi connectivity index (χ0) is 24.9. The summed E-state index contributed by atoms with van der Waals surface area (Å²) in [6, 6.07) is 14.9. The van der Waals surface area contributed by atoms with E-state index in [0.717, 1.165) is 22.6 Å². The van der Waals surface area contributed by atoms with Gasteiger partial charge in [-0.05, 0) is 38.1 Å². The van der Waals surface area contributed by atoms with Gasteiger partial charge in [-0.1, -0.05) is 18.2 Å². The fourth-order valence-corrected chi connectivity index (χ4v) is 3.77. The lowest BCUT2D eigenvalue weighted by Gasteiger charge is -2.11. The molecule has 4 aromatic rings. The van der Waals surface area contributed by atoms with Gasteiger partial charge < -0.3 is 14.2 Å². The molecule has 0 bridgehead atoms. The van der Waals surface area contributed by atoms with E-state index >= 15 is 0 Å². The molecule has 10 heteroatoms. The highest BCUT2D eigenvalue weighted by atomic mass is 16.5. The first-order valence-corrected chi connectivity index (χ1v) is 10.8. The minimum Gasteiger partial charge on any atom is -0.496 e. The van der Waals surface area contributed by atoms with Crippen LogP contribution in [0.4, 0.5) is 0 Å². The van der Waals surface area contributed by atoms with E-state index in [0.29, 0.717) is 28.5 Å². The number of methoxy groups -OCH3 is 3. The second-order valence-corrected chi connectivity index (χ2v) is 7.61. The molecule has 0 fully saturated rings. The van der Waals surface area contributed by atoms with Gasteiger partial charge in [0.1, 0.15) is 11.4 Å². The summed E-state index contributed by atoms with van der Waals surface area (Å²) in [7, 11) is 4.61. The lowest BCUT2D eigenvalue weighted by atomic mass is 10.1. The fraction of sp³-hybridized carbons (Fsp3) is 0.200. The molecule has 0 radical (unpaired) electrons. The molecule has 2 heterocycles. The van der Waals surface area contributed by atoms with Crippen molar-refractivity contribution in [3.63, 3.8) is 0 Å². The number of nitrogens with zero attached hydrogens (tertiary/aromatic N) is 4. The van der Waals surface area contributed by atoms with Crippen LogP contribution in [-0.2, 0) is 0 Å². The second-order valence-electron chi connectivity index (χ2n) is 7.61. The summed E-state index contributed by atoms with van der Waals surface area (Å²) < 4.78 is 17.8. The van der Waals surface area contributed by atoms with Crippen molar-refractivity contribution in [1.29, 1.82) is 0 Å². The quantitative estimate of drug-likeness (QED) is 0.297. The molecule has 10 nitrogen and oxygen atoms in total. The summed E-state index contributed by atoms with van der Waals surface area (Å²) in [6.07, 6.45) is 1.47. The number of rotatable bonds is 8. The van der Waals surface area contributed by atoms with Crippen molar-refractivity contribution >= 4 is 12.1 Å². The van der Waals surface area contributed by atoms with Gasteiger partial charge in [-0.15, -0.1) is 0 Å². The van der Waals surface area contributed by atoms with Gasteiger partial charge >= 0.3 is 0 Å². The molecule has 180 valence electrons. The highest BCUT2D eigenvalue weighted by Gasteiger charge is 2.19. The Morgan fingerprint density at radius 2 is 1.69 bits per heavy atom. The Bertz CT molecular complexity index is 1370. The first-order valence-electron chi connectivity index (χ1n) is 10.8. The molecule has 0 unspecified atom stereocenters. The number of aromatic nitrogens is 4. The first-order chi connectivity index (χ1) is 17.0. The molecule has 0 aliphatic carbocycles. The zero-order valence-electron chi connectivity index (χ0n) is 20.1. The third kappa shape index (κ3) is 4.72.